The van der Waals surface area contributed by atoms with E-state index in [1.807, 2.05) is 38.1 Å². The Hall–Kier alpha value is -2.95. The van der Waals surface area contributed by atoms with Crippen LogP contribution in [0.1, 0.15) is 18.1 Å². The van der Waals surface area contributed by atoms with Gasteiger partial charge in [-0.05, 0) is 55.3 Å². The number of hydrogen-bond acceptors (Lipinski definition) is 4. The number of ether oxygens (including phenoxy) is 2. The lowest BCUT2D eigenvalue weighted by Gasteiger charge is -2.09. The standard InChI is InChI=1S/C19H22N2O3/c1-4-24-17-9-6-14(11-18(17)23-3)7-10-19(22)21-16-12-15(20)8-5-13(16)2/h5-12H,4,20H2,1-3H3,(H,21,22)/b10-7+. The second-order valence-corrected chi connectivity index (χ2v) is 5.24. The van der Waals surface area contributed by atoms with Gasteiger partial charge in [0, 0.05) is 17.5 Å². The molecule has 2 aromatic carbocycles. The summed E-state index contributed by atoms with van der Waals surface area (Å²) >= 11 is 0. The fourth-order valence-corrected chi connectivity index (χ4v) is 2.18. The Labute approximate surface area is 142 Å². The van der Waals surface area contributed by atoms with Gasteiger partial charge in [0.25, 0.3) is 0 Å². The number of nitrogens with two attached hydrogens (primary N) is 1. The normalized spacial score (nSPS) is 10.6. The Bertz CT molecular complexity index is 754. The fourth-order valence-electron chi connectivity index (χ4n) is 2.18. The number of nitrogens with one attached hydrogen (secondary N) is 1. The van der Waals surface area contributed by atoms with E-state index in [1.54, 1.807) is 25.3 Å². The minimum atomic E-state index is -0.225. The number of carbonyl (C=O) groups excluding carboxylic acids is 1. The highest BCUT2D eigenvalue weighted by molar-refractivity contribution is 6.02. The smallest absolute Gasteiger partial charge is 0.248 e. The van der Waals surface area contributed by atoms with Crippen LogP contribution < -0.4 is 20.5 Å². The molecule has 1 amide bonds. The van der Waals surface area contributed by atoms with E-state index in [0.717, 1.165) is 11.1 Å². The lowest BCUT2D eigenvalue weighted by atomic mass is 10.1. The molecule has 2 rings (SSSR count). The van der Waals surface area contributed by atoms with Gasteiger partial charge in [0.1, 0.15) is 0 Å². The molecule has 126 valence electrons. The summed E-state index contributed by atoms with van der Waals surface area (Å²) in [7, 11) is 1.58. The third-order valence-electron chi connectivity index (χ3n) is 3.43. The van der Waals surface area contributed by atoms with Crippen LogP contribution in [0.4, 0.5) is 11.4 Å². The molecule has 0 heterocycles. The highest BCUT2D eigenvalue weighted by Gasteiger charge is 2.05. The highest BCUT2D eigenvalue weighted by Crippen LogP contribution is 2.28. The lowest BCUT2D eigenvalue weighted by molar-refractivity contribution is -0.111. The number of anilines is 2. The number of benzene rings is 2. The van der Waals surface area contributed by atoms with E-state index in [1.165, 1.54) is 6.08 Å². The summed E-state index contributed by atoms with van der Waals surface area (Å²) in [5, 5.41) is 2.82. The summed E-state index contributed by atoms with van der Waals surface area (Å²) in [6.45, 7) is 4.39. The van der Waals surface area contributed by atoms with Gasteiger partial charge in [-0.1, -0.05) is 12.1 Å². The van der Waals surface area contributed by atoms with E-state index in [4.69, 9.17) is 15.2 Å². The Balaban J connectivity index is 2.09. The fraction of sp³-hybridized carbons (Fsp3) is 0.211. The van der Waals surface area contributed by atoms with Crippen molar-refractivity contribution in [2.24, 2.45) is 0 Å². The first-order valence-electron chi connectivity index (χ1n) is 7.69. The minimum absolute atomic E-state index is 0.225. The van der Waals surface area contributed by atoms with Crippen molar-refractivity contribution in [3.05, 3.63) is 53.6 Å². The molecule has 2 aromatic rings. The Kier molecular flexibility index (Phi) is 5.84. The summed E-state index contributed by atoms with van der Waals surface area (Å²) < 4.78 is 10.8. The summed E-state index contributed by atoms with van der Waals surface area (Å²) in [6.07, 6.45) is 3.19. The van der Waals surface area contributed by atoms with Gasteiger partial charge in [0.05, 0.1) is 13.7 Å². The van der Waals surface area contributed by atoms with Gasteiger partial charge >= 0.3 is 0 Å². The van der Waals surface area contributed by atoms with Gasteiger partial charge in [-0.3, -0.25) is 4.79 Å². The molecule has 0 radical (unpaired) electrons. The number of methoxy groups -OCH3 is 1. The highest BCUT2D eigenvalue weighted by atomic mass is 16.5. The van der Waals surface area contributed by atoms with Crippen molar-refractivity contribution in [2.75, 3.05) is 24.8 Å². The van der Waals surface area contributed by atoms with Crippen molar-refractivity contribution in [1.29, 1.82) is 0 Å². The molecule has 0 aliphatic heterocycles. The van der Waals surface area contributed by atoms with Gasteiger partial charge in [0.2, 0.25) is 5.91 Å². The molecule has 3 N–H and O–H groups in total. The molecule has 0 aliphatic carbocycles. The summed E-state index contributed by atoms with van der Waals surface area (Å²) in [6, 6.07) is 10.9. The van der Waals surface area contributed by atoms with Crippen LogP contribution in [-0.2, 0) is 4.79 Å². The molecule has 5 nitrogen and oxygen atoms in total. The molecule has 0 atom stereocenters. The number of amides is 1. The minimum Gasteiger partial charge on any atom is -0.493 e. The maximum Gasteiger partial charge on any atom is 0.248 e. The largest absolute Gasteiger partial charge is 0.493 e. The predicted octanol–water partition coefficient (Wildman–Crippen LogP) is 3.64. The van der Waals surface area contributed by atoms with Crippen LogP contribution in [0.15, 0.2) is 42.5 Å². The molecular formula is C19H22N2O3. The number of rotatable bonds is 6. The van der Waals surface area contributed by atoms with Crippen LogP contribution in [0.3, 0.4) is 0 Å². The summed E-state index contributed by atoms with van der Waals surface area (Å²) in [5.74, 6) is 1.08. The maximum absolute atomic E-state index is 12.1. The zero-order chi connectivity index (χ0) is 17.5. The van der Waals surface area contributed by atoms with Crippen molar-refractivity contribution in [1.82, 2.24) is 0 Å². The van der Waals surface area contributed by atoms with Gasteiger partial charge in [-0.15, -0.1) is 0 Å². The first kappa shape index (κ1) is 17.4. The van der Waals surface area contributed by atoms with Crippen molar-refractivity contribution < 1.29 is 14.3 Å². The zero-order valence-corrected chi connectivity index (χ0v) is 14.1. The number of hydrogen-bond donors (Lipinski definition) is 2. The first-order chi connectivity index (χ1) is 11.5. The second kappa shape index (κ2) is 8.06. The average Bonchev–Trinajstić information content (AvgIpc) is 2.57. The third-order valence-corrected chi connectivity index (χ3v) is 3.43. The molecular weight excluding hydrogens is 304 g/mol. The molecule has 0 bridgehead atoms. The SMILES string of the molecule is CCOc1ccc(/C=C/C(=O)Nc2cc(N)ccc2C)cc1OC. The Morgan fingerprint density at radius 2 is 2.00 bits per heavy atom. The van der Waals surface area contributed by atoms with Crippen molar-refractivity contribution in [3.63, 3.8) is 0 Å². The van der Waals surface area contributed by atoms with E-state index in [-0.39, 0.29) is 5.91 Å². The van der Waals surface area contributed by atoms with Crippen LogP contribution in [0.25, 0.3) is 6.08 Å². The molecule has 0 saturated heterocycles. The van der Waals surface area contributed by atoms with Gasteiger partial charge in [0.15, 0.2) is 11.5 Å². The summed E-state index contributed by atoms with van der Waals surface area (Å²) in [4.78, 5) is 12.1. The average molecular weight is 326 g/mol. The molecule has 5 heteroatoms. The molecule has 0 spiro atoms. The topological polar surface area (TPSA) is 73.6 Å². The monoisotopic (exact) mass is 326 g/mol. The molecule has 0 aliphatic rings. The lowest BCUT2D eigenvalue weighted by Crippen LogP contribution is -2.09. The van der Waals surface area contributed by atoms with E-state index in [2.05, 4.69) is 5.32 Å². The van der Waals surface area contributed by atoms with Crippen LogP contribution in [0.2, 0.25) is 0 Å². The summed E-state index contributed by atoms with van der Waals surface area (Å²) in [5.41, 5.74) is 8.85. The van der Waals surface area contributed by atoms with Gasteiger partial charge < -0.3 is 20.5 Å². The number of aryl methyl sites for hydroxylation is 1. The van der Waals surface area contributed by atoms with E-state index in [0.29, 0.717) is 29.5 Å². The Morgan fingerprint density at radius 3 is 2.71 bits per heavy atom. The first-order valence-corrected chi connectivity index (χ1v) is 7.69. The molecule has 0 unspecified atom stereocenters. The molecule has 0 fully saturated rings. The van der Waals surface area contributed by atoms with E-state index in [9.17, 15) is 4.79 Å². The Morgan fingerprint density at radius 1 is 1.21 bits per heavy atom. The maximum atomic E-state index is 12.1. The second-order valence-electron chi connectivity index (χ2n) is 5.24. The molecule has 24 heavy (non-hydrogen) atoms. The van der Waals surface area contributed by atoms with E-state index < -0.39 is 0 Å². The van der Waals surface area contributed by atoms with Crippen LogP contribution in [0, 0.1) is 6.92 Å². The predicted molar refractivity (Wildman–Crippen MR) is 97.4 cm³/mol. The van der Waals surface area contributed by atoms with Crippen molar-refractivity contribution >= 4 is 23.4 Å². The molecule has 0 saturated carbocycles. The molecule has 0 aromatic heterocycles. The van der Waals surface area contributed by atoms with Gasteiger partial charge in [-0.25, -0.2) is 0 Å². The van der Waals surface area contributed by atoms with E-state index >= 15 is 0 Å². The number of nitrogen functional groups attached to an aromatic ring is 1. The van der Waals surface area contributed by atoms with Crippen LogP contribution in [0.5, 0.6) is 11.5 Å². The quantitative estimate of drug-likeness (QED) is 0.628. The van der Waals surface area contributed by atoms with Crippen LogP contribution in [-0.4, -0.2) is 19.6 Å². The van der Waals surface area contributed by atoms with Crippen molar-refractivity contribution in [3.8, 4) is 11.5 Å². The third kappa shape index (κ3) is 4.52. The van der Waals surface area contributed by atoms with Crippen molar-refractivity contribution in [2.45, 2.75) is 13.8 Å². The number of carbonyl (C=O) groups is 1. The van der Waals surface area contributed by atoms with Gasteiger partial charge in [-0.2, -0.15) is 0 Å². The zero-order valence-electron chi connectivity index (χ0n) is 14.1. The van der Waals surface area contributed by atoms with Crippen LogP contribution >= 0.6 is 0 Å².